The van der Waals surface area contributed by atoms with Crippen molar-refractivity contribution in [2.24, 2.45) is 11.1 Å². The molecule has 0 aromatic heterocycles. The topological polar surface area (TPSA) is 26.0 Å². The van der Waals surface area contributed by atoms with Crippen LogP contribution in [0.3, 0.4) is 0 Å². The van der Waals surface area contributed by atoms with Gasteiger partial charge < -0.3 is 5.73 Å². The molecule has 0 saturated heterocycles. The molecule has 0 bridgehead atoms. The number of rotatable bonds is 11. The molecule has 0 fully saturated rings. The van der Waals surface area contributed by atoms with Crippen molar-refractivity contribution in [3.63, 3.8) is 0 Å². The molecule has 0 heterocycles. The fourth-order valence-corrected chi connectivity index (χ4v) is 6.49. The Labute approximate surface area is 232 Å². The van der Waals surface area contributed by atoms with E-state index in [1.807, 2.05) is 0 Å². The van der Waals surface area contributed by atoms with Gasteiger partial charge in [-0.2, -0.15) is 0 Å². The lowest BCUT2D eigenvalue weighted by Crippen LogP contribution is -2.37. The second-order valence-corrected chi connectivity index (χ2v) is 12.6. The van der Waals surface area contributed by atoms with Crippen LogP contribution in [0.15, 0.2) is 114 Å². The fraction of sp³-hybridized carbons (Fsp3) is 0.405. The van der Waals surface area contributed by atoms with E-state index in [4.69, 9.17) is 5.73 Å². The molecule has 0 saturated carbocycles. The van der Waals surface area contributed by atoms with Gasteiger partial charge in [0, 0.05) is 23.3 Å². The van der Waals surface area contributed by atoms with Gasteiger partial charge in [-0.3, -0.25) is 0 Å². The third-order valence-electron chi connectivity index (χ3n) is 7.90. The van der Waals surface area contributed by atoms with Crippen LogP contribution in [0.2, 0.25) is 0 Å². The van der Waals surface area contributed by atoms with Crippen molar-refractivity contribution in [3.8, 4) is 0 Å². The Balaban J connectivity index is 2.30. The molecule has 2 N–H and O–H groups in total. The summed E-state index contributed by atoms with van der Waals surface area (Å²) < 4.78 is 0. The first kappa shape index (κ1) is 29.7. The molecule has 0 aliphatic heterocycles. The van der Waals surface area contributed by atoms with Gasteiger partial charge in [-0.25, -0.2) is 0 Å². The second kappa shape index (κ2) is 12.8. The minimum Gasteiger partial charge on any atom is -0.326 e. The first-order valence-corrected chi connectivity index (χ1v) is 14.3. The maximum atomic E-state index is 6.60. The van der Waals surface area contributed by atoms with Crippen LogP contribution in [0.25, 0.3) is 0 Å². The Morgan fingerprint density at radius 3 is 1.37 bits per heavy atom. The first-order valence-electron chi connectivity index (χ1n) is 14.3. The molecule has 3 aromatic carbocycles. The van der Waals surface area contributed by atoms with E-state index in [1.165, 1.54) is 33.4 Å². The van der Waals surface area contributed by atoms with Gasteiger partial charge in [0.05, 0.1) is 0 Å². The van der Waals surface area contributed by atoms with Gasteiger partial charge in [0.25, 0.3) is 0 Å². The van der Waals surface area contributed by atoms with Gasteiger partial charge in [-0.05, 0) is 66.9 Å². The van der Waals surface area contributed by atoms with E-state index in [9.17, 15) is 0 Å². The molecule has 0 aliphatic carbocycles. The number of hydrogen-bond donors (Lipinski definition) is 1. The molecular formula is C37H49N. The normalized spacial score (nSPS) is 15.0. The molecule has 0 radical (unpaired) electrons. The molecule has 0 spiro atoms. The van der Waals surface area contributed by atoms with Crippen molar-refractivity contribution in [1.82, 2.24) is 0 Å². The summed E-state index contributed by atoms with van der Waals surface area (Å²) in [4.78, 5) is 0. The number of hydrogen-bond acceptors (Lipinski definition) is 1. The Morgan fingerprint density at radius 1 is 0.658 bits per heavy atom. The minimum atomic E-state index is -0.230. The first-order chi connectivity index (χ1) is 17.9. The highest BCUT2D eigenvalue weighted by atomic mass is 14.7. The average molecular weight is 508 g/mol. The highest BCUT2D eigenvalue weighted by molar-refractivity contribution is 5.50. The van der Waals surface area contributed by atoms with E-state index in [0.717, 1.165) is 12.8 Å². The average Bonchev–Trinajstić information content (AvgIpc) is 2.88. The zero-order valence-corrected chi connectivity index (χ0v) is 25.0. The van der Waals surface area contributed by atoms with Crippen LogP contribution in [-0.2, 0) is 0 Å². The van der Waals surface area contributed by atoms with Gasteiger partial charge in [-0.15, -0.1) is 0 Å². The summed E-state index contributed by atoms with van der Waals surface area (Å²) in [7, 11) is 0. The van der Waals surface area contributed by atoms with Gasteiger partial charge in [0.2, 0.25) is 0 Å². The standard InChI is InChI=1S/C37H49N/c1-9-33(27(2)30-19-13-10-14-20-30)34(25-36(5,6)26-37(7,8)38)35(28(3)31-21-15-11-16-22-31)29(4)32-23-17-12-18-24-32/h9-24,27-29H,25-26,38H2,1-8H3/b33-9-,35-34?. The van der Waals surface area contributed by atoms with E-state index in [0.29, 0.717) is 5.92 Å². The second-order valence-electron chi connectivity index (χ2n) is 12.6. The molecule has 3 unspecified atom stereocenters. The van der Waals surface area contributed by atoms with Gasteiger partial charge >= 0.3 is 0 Å². The molecule has 1 nitrogen and oxygen atoms in total. The summed E-state index contributed by atoms with van der Waals surface area (Å²) >= 11 is 0. The van der Waals surface area contributed by atoms with Gasteiger partial charge in [-0.1, -0.05) is 137 Å². The summed E-state index contributed by atoms with van der Waals surface area (Å²) in [5.41, 5.74) is 14.9. The molecular weight excluding hydrogens is 458 g/mol. The predicted molar refractivity (Wildman–Crippen MR) is 167 cm³/mol. The molecule has 3 aromatic rings. The zero-order valence-electron chi connectivity index (χ0n) is 25.0. The molecule has 3 atom stereocenters. The van der Waals surface area contributed by atoms with Crippen LogP contribution in [0, 0.1) is 5.41 Å². The predicted octanol–water partition coefficient (Wildman–Crippen LogP) is 10.2. The van der Waals surface area contributed by atoms with Gasteiger partial charge in [0.15, 0.2) is 0 Å². The van der Waals surface area contributed by atoms with Crippen LogP contribution in [0.4, 0.5) is 0 Å². The maximum absolute atomic E-state index is 6.60. The maximum Gasteiger partial charge on any atom is 0.0102 e. The highest BCUT2D eigenvalue weighted by Crippen LogP contribution is 2.47. The lowest BCUT2D eigenvalue weighted by atomic mass is 9.68. The summed E-state index contributed by atoms with van der Waals surface area (Å²) in [5, 5.41) is 0. The number of allylic oxidation sites excluding steroid dienone is 4. The lowest BCUT2D eigenvalue weighted by Gasteiger charge is -2.37. The zero-order chi connectivity index (χ0) is 27.9. The minimum absolute atomic E-state index is 0.0380. The Hall–Kier alpha value is -2.90. The van der Waals surface area contributed by atoms with Crippen molar-refractivity contribution in [2.45, 2.75) is 91.5 Å². The third kappa shape index (κ3) is 7.81. The lowest BCUT2D eigenvalue weighted by molar-refractivity contribution is 0.256. The largest absolute Gasteiger partial charge is 0.326 e. The van der Waals surface area contributed by atoms with Crippen LogP contribution < -0.4 is 5.73 Å². The summed E-state index contributed by atoms with van der Waals surface area (Å²) in [6, 6.07) is 33.0. The van der Waals surface area contributed by atoms with E-state index in [1.54, 1.807) is 0 Å². The van der Waals surface area contributed by atoms with Crippen molar-refractivity contribution in [3.05, 3.63) is 130 Å². The van der Waals surface area contributed by atoms with Crippen molar-refractivity contribution >= 4 is 0 Å². The molecule has 3 rings (SSSR count). The monoisotopic (exact) mass is 507 g/mol. The summed E-state index contributed by atoms with van der Waals surface area (Å²) in [6.45, 7) is 18.5. The molecule has 0 aliphatic rings. The van der Waals surface area contributed by atoms with Crippen LogP contribution in [0.1, 0.15) is 103 Å². The smallest absolute Gasteiger partial charge is 0.0102 e. The highest BCUT2D eigenvalue weighted by Gasteiger charge is 2.33. The number of nitrogens with two attached hydrogens (primary N) is 1. The van der Waals surface area contributed by atoms with E-state index in [-0.39, 0.29) is 22.8 Å². The molecule has 38 heavy (non-hydrogen) atoms. The van der Waals surface area contributed by atoms with E-state index >= 15 is 0 Å². The van der Waals surface area contributed by atoms with Crippen LogP contribution in [0.5, 0.6) is 0 Å². The summed E-state index contributed by atoms with van der Waals surface area (Å²) in [5.74, 6) is 0.848. The molecule has 202 valence electrons. The third-order valence-corrected chi connectivity index (χ3v) is 7.90. The quantitative estimate of drug-likeness (QED) is 0.257. The SMILES string of the molecule is C/C=C(\C(CC(C)(C)CC(C)(C)N)=C(C(C)c1ccccc1)C(C)c1ccccc1)C(C)c1ccccc1. The Bertz CT molecular complexity index is 1150. The van der Waals surface area contributed by atoms with E-state index < -0.39 is 0 Å². The van der Waals surface area contributed by atoms with Crippen LogP contribution in [-0.4, -0.2) is 5.54 Å². The summed E-state index contributed by atoms with van der Waals surface area (Å²) in [6.07, 6.45) is 4.30. The Morgan fingerprint density at radius 2 is 1.03 bits per heavy atom. The van der Waals surface area contributed by atoms with E-state index in [2.05, 4.69) is 152 Å². The van der Waals surface area contributed by atoms with Crippen molar-refractivity contribution in [1.29, 1.82) is 0 Å². The van der Waals surface area contributed by atoms with Crippen LogP contribution >= 0.6 is 0 Å². The van der Waals surface area contributed by atoms with Gasteiger partial charge in [0.1, 0.15) is 0 Å². The fourth-order valence-electron chi connectivity index (χ4n) is 6.49. The van der Waals surface area contributed by atoms with Crippen molar-refractivity contribution in [2.75, 3.05) is 0 Å². The molecule has 0 amide bonds. The van der Waals surface area contributed by atoms with Crippen molar-refractivity contribution < 1.29 is 0 Å². The number of benzene rings is 3. The molecule has 1 heteroatoms. The Kier molecular flexibility index (Phi) is 9.96.